The molecule has 0 radical (unpaired) electrons. The normalized spacial score (nSPS) is 13.0. The summed E-state index contributed by atoms with van der Waals surface area (Å²) in [5.41, 5.74) is -0.500. The number of halogens is 1. The van der Waals surface area contributed by atoms with Crippen LogP contribution in [-0.2, 0) is 10.4 Å². The standard InChI is InChI=1S/C20H28N4O4.HI/c1-4-21-19(23-14-20(3,26)18-9-6-11-28-18)22-10-12-27-17-8-5-7-16(13-17)24-15(2)25;/h5-9,11,13,26H,4,10,12,14H2,1-3H3,(H,24,25)(H2,21,22,23);1H. The molecule has 0 bridgehead atoms. The number of guanidine groups is 1. The van der Waals surface area contributed by atoms with E-state index in [1.54, 1.807) is 31.2 Å². The van der Waals surface area contributed by atoms with E-state index in [2.05, 4.69) is 20.9 Å². The summed E-state index contributed by atoms with van der Waals surface area (Å²) in [7, 11) is 0. The third-order valence-corrected chi connectivity index (χ3v) is 3.76. The van der Waals surface area contributed by atoms with Crippen LogP contribution in [0.5, 0.6) is 5.75 Å². The van der Waals surface area contributed by atoms with Crippen LogP contribution in [0.2, 0.25) is 0 Å². The summed E-state index contributed by atoms with van der Waals surface area (Å²) in [6.45, 7) is 6.84. The van der Waals surface area contributed by atoms with Gasteiger partial charge >= 0.3 is 0 Å². The molecule has 0 saturated heterocycles. The first-order valence-corrected chi connectivity index (χ1v) is 9.19. The fourth-order valence-corrected chi connectivity index (χ4v) is 2.44. The molecule has 9 heteroatoms. The summed E-state index contributed by atoms with van der Waals surface area (Å²) in [5, 5.41) is 19.5. The van der Waals surface area contributed by atoms with Gasteiger partial charge in [-0.25, -0.2) is 4.99 Å². The number of hydrogen-bond donors (Lipinski definition) is 4. The van der Waals surface area contributed by atoms with E-state index in [9.17, 15) is 9.90 Å². The van der Waals surface area contributed by atoms with E-state index in [1.807, 2.05) is 19.1 Å². The average molecular weight is 516 g/mol. The molecule has 1 heterocycles. The second kappa shape index (κ2) is 12.3. The number of nitrogens with zero attached hydrogens (tertiary/aromatic N) is 1. The van der Waals surface area contributed by atoms with Crippen molar-refractivity contribution in [2.24, 2.45) is 4.99 Å². The van der Waals surface area contributed by atoms with Gasteiger partial charge in [0.2, 0.25) is 5.91 Å². The van der Waals surface area contributed by atoms with E-state index in [-0.39, 0.29) is 36.4 Å². The molecule has 0 fully saturated rings. The number of ether oxygens (including phenoxy) is 1. The minimum absolute atomic E-state index is 0. The molecular weight excluding hydrogens is 487 g/mol. The van der Waals surface area contributed by atoms with Gasteiger partial charge in [-0.2, -0.15) is 0 Å². The summed E-state index contributed by atoms with van der Waals surface area (Å²) >= 11 is 0. The minimum atomic E-state index is -1.19. The number of nitrogens with one attached hydrogen (secondary N) is 3. The van der Waals surface area contributed by atoms with E-state index in [1.165, 1.54) is 13.2 Å². The molecular formula is C20H29IN4O4. The summed E-state index contributed by atoms with van der Waals surface area (Å²) in [4.78, 5) is 15.5. The molecule has 4 N–H and O–H groups in total. The molecule has 29 heavy (non-hydrogen) atoms. The highest BCUT2D eigenvalue weighted by Crippen LogP contribution is 2.21. The maximum atomic E-state index is 11.1. The number of carbonyl (C=O) groups is 1. The van der Waals surface area contributed by atoms with Crippen molar-refractivity contribution in [1.82, 2.24) is 10.6 Å². The van der Waals surface area contributed by atoms with Crippen molar-refractivity contribution in [2.45, 2.75) is 26.4 Å². The van der Waals surface area contributed by atoms with Gasteiger partial charge in [0.15, 0.2) is 5.96 Å². The minimum Gasteiger partial charge on any atom is -0.492 e. The van der Waals surface area contributed by atoms with Crippen LogP contribution in [0.3, 0.4) is 0 Å². The van der Waals surface area contributed by atoms with Gasteiger partial charge in [-0.3, -0.25) is 4.79 Å². The average Bonchev–Trinajstić information content (AvgIpc) is 3.19. The number of benzene rings is 1. The Morgan fingerprint density at radius 2 is 2.07 bits per heavy atom. The lowest BCUT2D eigenvalue weighted by Gasteiger charge is -2.19. The first-order valence-electron chi connectivity index (χ1n) is 9.19. The van der Waals surface area contributed by atoms with Crippen molar-refractivity contribution >= 4 is 41.5 Å². The number of furan rings is 1. The molecule has 0 spiro atoms. The number of amides is 1. The Kier molecular flexibility index (Phi) is 10.5. The molecule has 160 valence electrons. The van der Waals surface area contributed by atoms with Crippen LogP contribution < -0.4 is 20.7 Å². The predicted octanol–water partition coefficient (Wildman–Crippen LogP) is 2.70. The maximum Gasteiger partial charge on any atom is 0.221 e. The molecule has 0 aliphatic rings. The molecule has 2 rings (SSSR count). The van der Waals surface area contributed by atoms with Gasteiger partial charge in [-0.1, -0.05) is 6.07 Å². The smallest absolute Gasteiger partial charge is 0.221 e. The van der Waals surface area contributed by atoms with Crippen LogP contribution in [-0.4, -0.2) is 43.2 Å². The third-order valence-electron chi connectivity index (χ3n) is 3.76. The van der Waals surface area contributed by atoms with Crippen molar-refractivity contribution in [3.63, 3.8) is 0 Å². The highest BCUT2D eigenvalue weighted by Gasteiger charge is 2.26. The zero-order valence-corrected chi connectivity index (χ0v) is 19.2. The first-order chi connectivity index (χ1) is 13.4. The molecule has 1 unspecified atom stereocenters. The van der Waals surface area contributed by atoms with Gasteiger partial charge in [-0.05, 0) is 38.1 Å². The van der Waals surface area contributed by atoms with E-state index < -0.39 is 5.60 Å². The molecule has 0 aliphatic carbocycles. The Morgan fingerprint density at radius 1 is 1.28 bits per heavy atom. The van der Waals surface area contributed by atoms with Crippen LogP contribution in [0.15, 0.2) is 52.1 Å². The van der Waals surface area contributed by atoms with Gasteiger partial charge < -0.3 is 30.2 Å². The monoisotopic (exact) mass is 516 g/mol. The number of carbonyl (C=O) groups excluding carboxylic acids is 1. The van der Waals surface area contributed by atoms with Crippen molar-refractivity contribution in [2.75, 3.05) is 31.6 Å². The van der Waals surface area contributed by atoms with Crippen molar-refractivity contribution in [1.29, 1.82) is 0 Å². The molecule has 1 aromatic carbocycles. The second-order valence-corrected chi connectivity index (χ2v) is 6.43. The molecule has 1 atom stereocenters. The Hall–Kier alpha value is -2.27. The summed E-state index contributed by atoms with van der Waals surface area (Å²) < 4.78 is 11.0. The zero-order chi connectivity index (χ0) is 20.4. The highest BCUT2D eigenvalue weighted by molar-refractivity contribution is 14.0. The number of aliphatic imine (C=N–C) groups is 1. The quantitative estimate of drug-likeness (QED) is 0.177. The van der Waals surface area contributed by atoms with E-state index >= 15 is 0 Å². The van der Waals surface area contributed by atoms with E-state index in [4.69, 9.17) is 9.15 Å². The predicted molar refractivity (Wildman–Crippen MR) is 124 cm³/mol. The Labute approximate surface area is 188 Å². The second-order valence-electron chi connectivity index (χ2n) is 6.43. The fourth-order valence-electron chi connectivity index (χ4n) is 2.44. The van der Waals surface area contributed by atoms with Crippen molar-refractivity contribution in [3.05, 3.63) is 48.4 Å². The molecule has 1 amide bonds. The van der Waals surface area contributed by atoms with Gasteiger partial charge in [-0.15, -0.1) is 24.0 Å². The maximum absolute atomic E-state index is 11.1. The molecule has 1 aromatic heterocycles. The topological polar surface area (TPSA) is 108 Å². The van der Waals surface area contributed by atoms with Crippen LogP contribution in [0, 0.1) is 0 Å². The third kappa shape index (κ3) is 8.73. The van der Waals surface area contributed by atoms with Gasteiger partial charge in [0.05, 0.1) is 19.4 Å². The molecule has 0 saturated carbocycles. The molecule has 0 aliphatic heterocycles. The Bertz CT molecular complexity index is 779. The summed E-state index contributed by atoms with van der Waals surface area (Å²) in [6.07, 6.45) is 1.52. The Balaban J connectivity index is 0.00000420. The lowest BCUT2D eigenvalue weighted by atomic mass is 10.0. The van der Waals surface area contributed by atoms with E-state index in [0.29, 0.717) is 42.9 Å². The summed E-state index contributed by atoms with van der Waals surface area (Å²) in [6, 6.07) is 10.7. The van der Waals surface area contributed by atoms with Crippen LogP contribution >= 0.6 is 24.0 Å². The summed E-state index contributed by atoms with van der Waals surface area (Å²) in [5.74, 6) is 1.57. The highest BCUT2D eigenvalue weighted by atomic mass is 127. The molecule has 8 nitrogen and oxygen atoms in total. The number of anilines is 1. The molecule has 2 aromatic rings. The van der Waals surface area contributed by atoms with Crippen LogP contribution in [0.25, 0.3) is 0 Å². The van der Waals surface area contributed by atoms with Crippen LogP contribution in [0.1, 0.15) is 26.5 Å². The zero-order valence-electron chi connectivity index (χ0n) is 16.9. The fraction of sp³-hybridized carbons (Fsp3) is 0.400. The largest absolute Gasteiger partial charge is 0.492 e. The van der Waals surface area contributed by atoms with E-state index in [0.717, 1.165) is 0 Å². The van der Waals surface area contributed by atoms with Crippen molar-refractivity contribution in [3.8, 4) is 5.75 Å². The number of aliphatic hydroxyl groups is 1. The lowest BCUT2D eigenvalue weighted by Crippen LogP contribution is -2.40. The number of hydrogen-bond acceptors (Lipinski definition) is 5. The lowest BCUT2D eigenvalue weighted by molar-refractivity contribution is -0.114. The Morgan fingerprint density at radius 3 is 2.72 bits per heavy atom. The van der Waals surface area contributed by atoms with Gasteiger partial charge in [0.25, 0.3) is 0 Å². The van der Waals surface area contributed by atoms with Gasteiger partial charge in [0, 0.05) is 25.2 Å². The number of rotatable bonds is 9. The van der Waals surface area contributed by atoms with Crippen LogP contribution in [0.4, 0.5) is 5.69 Å². The first kappa shape index (κ1) is 24.8. The SMILES string of the molecule is CCNC(=NCC(C)(O)c1ccco1)NCCOc1cccc(NC(C)=O)c1.I. The van der Waals surface area contributed by atoms with Gasteiger partial charge in [0.1, 0.15) is 23.7 Å². The van der Waals surface area contributed by atoms with Crippen molar-refractivity contribution < 1.29 is 19.1 Å².